The lowest BCUT2D eigenvalue weighted by Crippen LogP contribution is -2.27. The third kappa shape index (κ3) is 3.23. The molecule has 128 valence electrons. The van der Waals surface area contributed by atoms with E-state index in [-0.39, 0.29) is 10.4 Å². The largest absolute Gasteiger partial charge is 0.480 e. The molecule has 25 heavy (non-hydrogen) atoms. The molecule has 0 aliphatic heterocycles. The van der Waals surface area contributed by atoms with E-state index in [1.807, 2.05) is 12.1 Å². The molecule has 1 N–H and O–H groups in total. The lowest BCUT2D eigenvalue weighted by Gasteiger charge is -2.13. The molecule has 0 aliphatic carbocycles. The van der Waals surface area contributed by atoms with Gasteiger partial charge in [0.05, 0.1) is 15.8 Å². The van der Waals surface area contributed by atoms with Crippen molar-refractivity contribution in [3.8, 4) is 0 Å². The summed E-state index contributed by atoms with van der Waals surface area (Å²) in [6.07, 6.45) is 0.330. The molecule has 1 heterocycles. The molecule has 3 rings (SSSR count). The molecule has 5 nitrogen and oxygen atoms in total. The second-order valence-corrected chi connectivity index (χ2v) is 6.39. The van der Waals surface area contributed by atoms with Crippen LogP contribution in [0.2, 0.25) is 0 Å². The molecule has 0 radical (unpaired) electrons. The number of benzene rings is 2. The molecule has 1 unspecified atom stereocenters. The van der Waals surface area contributed by atoms with Crippen LogP contribution in [0.25, 0.3) is 10.2 Å². The van der Waals surface area contributed by atoms with Crippen LogP contribution in [0.15, 0.2) is 53.5 Å². The summed E-state index contributed by atoms with van der Waals surface area (Å²) >= 11 is 1.20. The van der Waals surface area contributed by atoms with Gasteiger partial charge in [-0.25, -0.2) is 9.18 Å². The number of fused-ring (bicyclic) bond motifs is 1. The number of nitrogens with zero attached hydrogens (tertiary/aromatic N) is 2. The van der Waals surface area contributed by atoms with E-state index in [2.05, 4.69) is 4.99 Å². The number of rotatable bonds is 4. The second-order valence-electron chi connectivity index (χ2n) is 5.38. The first-order chi connectivity index (χ1) is 12.0. The summed E-state index contributed by atoms with van der Waals surface area (Å²) in [7, 11) is 0. The highest BCUT2D eigenvalue weighted by Gasteiger charge is 2.22. The Morgan fingerprint density at radius 2 is 1.88 bits per heavy atom. The van der Waals surface area contributed by atoms with Crippen molar-refractivity contribution >= 4 is 33.4 Å². The fourth-order valence-corrected chi connectivity index (χ4v) is 3.69. The second kappa shape index (κ2) is 6.98. The first-order valence-corrected chi connectivity index (χ1v) is 8.51. The van der Waals surface area contributed by atoms with Gasteiger partial charge in [-0.3, -0.25) is 4.79 Å². The number of aromatic nitrogens is 1. The Kier molecular flexibility index (Phi) is 4.76. The molecule has 0 saturated heterocycles. The van der Waals surface area contributed by atoms with E-state index in [0.29, 0.717) is 11.9 Å². The number of hydrogen-bond donors (Lipinski definition) is 1. The van der Waals surface area contributed by atoms with Crippen LogP contribution in [-0.4, -0.2) is 21.6 Å². The predicted octanol–water partition coefficient (Wildman–Crippen LogP) is 3.62. The quantitative estimate of drug-likeness (QED) is 0.774. The molecule has 1 amide bonds. The number of halogens is 1. The van der Waals surface area contributed by atoms with Crippen LogP contribution in [0.3, 0.4) is 0 Å². The summed E-state index contributed by atoms with van der Waals surface area (Å²) in [4.78, 5) is 28.3. The highest BCUT2D eigenvalue weighted by atomic mass is 32.1. The molecule has 0 fully saturated rings. The fourth-order valence-electron chi connectivity index (χ4n) is 2.62. The highest BCUT2D eigenvalue weighted by Crippen LogP contribution is 2.22. The molecule has 0 spiro atoms. The fraction of sp³-hybridized carbons (Fsp3) is 0.167. The molecule has 3 aromatic rings. The van der Waals surface area contributed by atoms with Crippen molar-refractivity contribution in [2.75, 3.05) is 0 Å². The highest BCUT2D eigenvalue weighted by molar-refractivity contribution is 7.16. The van der Waals surface area contributed by atoms with Crippen LogP contribution in [0.4, 0.5) is 4.39 Å². The van der Waals surface area contributed by atoms with Crippen LogP contribution in [0, 0.1) is 5.82 Å². The standard InChI is InChI=1S/C18H15FN2O3S/c1-2-13(17(23)24)21-14-9-5-6-10-15(14)25-18(21)20-16(22)11-7-3-4-8-12(11)19/h3-10,13H,2H2,1H3,(H,23,24)/b20-18-. The van der Waals surface area contributed by atoms with Gasteiger partial charge in [-0.15, -0.1) is 0 Å². The van der Waals surface area contributed by atoms with Gasteiger partial charge in [0, 0.05) is 0 Å². The van der Waals surface area contributed by atoms with Crippen molar-refractivity contribution in [3.63, 3.8) is 0 Å². The number of thiazole rings is 1. The zero-order chi connectivity index (χ0) is 18.0. The van der Waals surface area contributed by atoms with Crippen molar-refractivity contribution in [1.29, 1.82) is 0 Å². The van der Waals surface area contributed by atoms with E-state index in [0.717, 1.165) is 4.70 Å². The summed E-state index contributed by atoms with van der Waals surface area (Å²) in [6, 6.07) is 12.0. The smallest absolute Gasteiger partial charge is 0.326 e. The number of aliphatic carboxylic acids is 1. The molecule has 1 atom stereocenters. The van der Waals surface area contributed by atoms with Gasteiger partial charge < -0.3 is 9.67 Å². The third-order valence-corrected chi connectivity index (χ3v) is 4.85. The van der Waals surface area contributed by atoms with Gasteiger partial charge in [0.2, 0.25) is 0 Å². The monoisotopic (exact) mass is 358 g/mol. The summed E-state index contributed by atoms with van der Waals surface area (Å²) in [5.41, 5.74) is 0.539. The Balaban J connectivity index is 2.23. The zero-order valence-electron chi connectivity index (χ0n) is 13.3. The van der Waals surface area contributed by atoms with Crippen LogP contribution in [0.1, 0.15) is 29.7 Å². The molecule has 7 heteroatoms. The molecular formula is C18H15FN2O3S. The maximum atomic E-state index is 13.8. The van der Waals surface area contributed by atoms with Crippen molar-refractivity contribution in [3.05, 3.63) is 64.7 Å². The van der Waals surface area contributed by atoms with Gasteiger partial charge >= 0.3 is 5.97 Å². The van der Waals surface area contributed by atoms with E-state index >= 15 is 0 Å². The number of carbonyl (C=O) groups excluding carboxylic acids is 1. The Hall–Kier alpha value is -2.80. The number of carbonyl (C=O) groups is 2. The van der Waals surface area contributed by atoms with Gasteiger partial charge in [0.1, 0.15) is 11.9 Å². The first-order valence-electron chi connectivity index (χ1n) is 7.69. The molecule has 0 aliphatic rings. The van der Waals surface area contributed by atoms with Gasteiger partial charge in [-0.2, -0.15) is 4.99 Å². The van der Waals surface area contributed by atoms with Crippen LogP contribution >= 0.6 is 11.3 Å². The molecule has 0 saturated carbocycles. The lowest BCUT2D eigenvalue weighted by atomic mass is 10.2. The van der Waals surface area contributed by atoms with Gasteiger partial charge in [-0.1, -0.05) is 42.5 Å². The van der Waals surface area contributed by atoms with E-state index in [1.54, 1.807) is 25.1 Å². The Bertz CT molecular complexity index is 1020. The average molecular weight is 358 g/mol. The molecule has 0 bridgehead atoms. The van der Waals surface area contributed by atoms with Crippen molar-refractivity contribution in [2.24, 2.45) is 4.99 Å². The van der Waals surface area contributed by atoms with Gasteiger partial charge in [0.25, 0.3) is 5.91 Å². The summed E-state index contributed by atoms with van der Waals surface area (Å²) < 4.78 is 16.2. The first kappa shape index (κ1) is 17.0. The maximum Gasteiger partial charge on any atom is 0.326 e. The molecular weight excluding hydrogens is 343 g/mol. The van der Waals surface area contributed by atoms with Crippen LogP contribution in [0.5, 0.6) is 0 Å². The van der Waals surface area contributed by atoms with E-state index < -0.39 is 23.7 Å². The molecule has 1 aromatic heterocycles. The van der Waals surface area contributed by atoms with E-state index in [4.69, 9.17) is 0 Å². The predicted molar refractivity (Wildman–Crippen MR) is 93.1 cm³/mol. The zero-order valence-corrected chi connectivity index (χ0v) is 14.2. The van der Waals surface area contributed by atoms with Gasteiger partial charge in [0.15, 0.2) is 4.80 Å². The number of hydrogen-bond acceptors (Lipinski definition) is 3. The van der Waals surface area contributed by atoms with Crippen LogP contribution in [-0.2, 0) is 4.79 Å². The number of carboxylic acid groups (broad SMARTS) is 1. The number of amides is 1. The van der Waals surface area contributed by atoms with Gasteiger partial charge in [-0.05, 0) is 30.7 Å². The Labute approximate surface area is 146 Å². The normalized spacial score (nSPS) is 13.1. The molecule has 2 aromatic carbocycles. The maximum absolute atomic E-state index is 13.8. The number of carboxylic acids is 1. The van der Waals surface area contributed by atoms with E-state index in [9.17, 15) is 19.1 Å². The summed E-state index contributed by atoms with van der Waals surface area (Å²) in [5, 5.41) is 9.52. The lowest BCUT2D eigenvalue weighted by molar-refractivity contribution is -0.140. The minimum absolute atomic E-state index is 0.144. The number of para-hydroxylation sites is 1. The Morgan fingerprint density at radius 1 is 1.20 bits per heavy atom. The SMILES string of the molecule is CCC(C(=O)O)n1/c(=N/C(=O)c2ccccc2F)sc2ccccc21. The Morgan fingerprint density at radius 3 is 2.56 bits per heavy atom. The van der Waals surface area contributed by atoms with E-state index in [1.165, 1.54) is 34.1 Å². The van der Waals surface area contributed by atoms with Crippen molar-refractivity contribution in [1.82, 2.24) is 4.57 Å². The summed E-state index contributed by atoms with van der Waals surface area (Å²) in [6.45, 7) is 1.75. The van der Waals surface area contributed by atoms with Crippen LogP contribution < -0.4 is 4.80 Å². The topological polar surface area (TPSA) is 71.7 Å². The minimum Gasteiger partial charge on any atom is -0.480 e. The van der Waals surface area contributed by atoms with Crippen molar-refractivity contribution in [2.45, 2.75) is 19.4 Å². The van der Waals surface area contributed by atoms with Crippen molar-refractivity contribution < 1.29 is 19.1 Å². The third-order valence-electron chi connectivity index (χ3n) is 3.82. The average Bonchev–Trinajstić information content (AvgIpc) is 2.94. The minimum atomic E-state index is -1.01. The summed E-state index contributed by atoms with van der Waals surface area (Å²) in [5.74, 6) is -2.40.